The number of carboxylic acid groups (broad SMARTS) is 1. The molecule has 21 heavy (non-hydrogen) atoms. The Labute approximate surface area is 128 Å². The fraction of sp³-hybridized carbons (Fsp3) is 0.353. The molecule has 4 heteroatoms. The number of aliphatic carboxylic acids is 1. The second-order valence-electron chi connectivity index (χ2n) is 5.52. The standard InChI is InChI=1S/C17H19NO2S/c1-12-9-11-21-16(12)15(13-6-3-2-4-7-13)18-10-5-8-14(18)17(19)20/h2-4,6-7,9,11,14-15H,5,8,10H2,1H3,(H,19,20). The van der Waals surface area contributed by atoms with E-state index < -0.39 is 5.97 Å². The van der Waals surface area contributed by atoms with Crippen LogP contribution in [-0.4, -0.2) is 28.6 Å². The number of benzene rings is 1. The number of carbonyl (C=O) groups is 1. The maximum absolute atomic E-state index is 11.6. The van der Waals surface area contributed by atoms with E-state index in [1.54, 1.807) is 11.3 Å². The normalized spacial score (nSPS) is 20.5. The van der Waals surface area contributed by atoms with E-state index in [1.807, 2.05) is 18.2 Å². The zero-order valence-corrected chi connectivity index (χ0v) is 12.8. The summed E-state index contributed by atoms with van der Waals surface area (Å²) in [6.07, 6.45) is 1.69. The third-order valence-corrected chi connectivity index (χ3v) is 5.25. The summed E-state index contributed by atoms with van der Waals surface area (Å²) in [5.74, 6) is -0.706. The molecule has 0 amide bonds. The van der Waals surface area contributed by atoms with Crippen molar-refractivity contribution >= 4 is 17.3 Å². The number of aryl methyl sites for hydroxylation is 1. The van der Waals surface area contributed by atoms with Crippen molar-refractivity contribution in [3.63, 3.8) is 0 Å². The maximum atomic E-state index is 11.6. The van der Waals surface area contributed by atoms with Crippen molar-refractivity contribution < 1.29 is 9.90 Å². The number of nitrogens with zero attached hydrogens (tertiary/aromatic N) is 1. The summed E-state index contributed by atoms with van der Waals surface area (Å²) >= 11 is 1.72. The van der Waals surface area contributed by atoms with E-state index in [0.717, 1.165) is 19.4 Å². The second-order valence-corrected chi connectivity index (χ2v) is 6.46. The van der Waals surface area contributed by atoms with Crippen molar-refractivity contribution in [2.45, 2.75) is 31.8 Å². The van der Waals surface area contributed by atoms with Crippen LogP contribution >= 0.6 is 11.3 Å². The van der Waals surface area contributed by atoms with Gasteiger partial charge in [-0.25, -0.2) is 0 Å². The summed E-state index contributed by atoms with van der Waals surface area (Å²) in [5.41, 5.74) is 2.42. The Morgan fingerprint density at radius 2 is 2.10 bits per heavy atom. The van der Waals surface area contributed by atoms with Gasteiger partial charge in [-0.1, -0.05) is 30.3 Å². The molecule has 1 aromatic carbocycles. The molecule has 1 aromatic heterocycles. The largest absolute Gasteiger partial charge is 0.480 e. The minimum Gasteiger partial charge on any atom is -0.480 e. The zero-order valence-electron chi connectivity index (χ0n) is 12.0. The monoisotopic (exact) mass is 301 g/mol. The molecule has 2 unspecified atom stereocenters. The average Bonchev–Trinajstić information content (AvgIpc) is 3.11. The highest BCUT2D eigenvalue weighted by Crippen LogP contribution is 2.38. The first kappa shape index (κ1) is 14.3. The van der Waals surface area contributed by atoms with Gasteiger partial charge in [-0.2, -0.15) is 0 Å². The van der Waals surface area contributed by atoms with Gasteiger partial charge >= 0.3 is 5.97 Å². The molecule has 110 valence electrons. The topological polar surface area (TPSA) is 40.5 Å². The van der Waals surface area contributed by atoms with Crippen LogP contribution in [0, 0.1) is 6.92 Å². The minimum atomic E-state index is -0.706. The first-order chi connectivity index (χ1) is 10.2. The van der Waals surface area contributed by atoms with Crippen molar-refractivity contribution in [1.29, 1.82) is 0 Å². The molecular formula is C17H19NO2S. The van der Waals surface area contributed by atoms with E-state index in [4.69, 9.17) is 0 Å². The molecule has 1 aliphatic heterocycles. The van der Waals surface area contributed by atoms with E-state index in [1.165, 1.54) is 16.0 Å². The van der Waals surface area contributed by atoms with Crippen LogP contribution < -0.4 is 0 Å². The number of thiophene rings is 1. The van der Waals surface area contributed by atoms with E-state index in [0.29, 0.717) is 0 Å². The number of hydrogen-bond donors (Lipinski definition) is 1. The molecular weight excluding hydrogens is 282 g/mol. The van der Waals surface area contributed by atoms with Gasteiger partial charge < -0.3 is 5.11 Å². The highest BCUT2D eigenvalue weighted by molar-refractivity contribution is 7.10. The molecule has 0 bridgehead atoms. The summed E-state index contributed by atoms with van der Waals surface area (Å²) in [5, 5.41) is 11.6. The van der Waals surface area contributed by atoms with Crippen LogP contribution in [0.3, 0.4) is 0 Å². The Kier molecular flexibility index (Phi) is 4.08. The maximum Gasteiger partial charge on any atom is 0.320 e. The van der Waals surface area contributed by atoms with Crippen LogP contribution in [0.5, 0.6) is 0 Å². The molecule has 0 saturated carbocycles. The van der Waals surface area contributed by atoms with Gasteiger partial charge in [0.05, 0.1) is 6.04 Å². The van der Waals surface area contributed by atoms with Crippen LogP contribution in [0.1, 0.15) is 34.9 Å². The van der Waals surface area contributed by atoms with Crippen molar-refractivity contribution in [2.75, 3.05) is 6.54 Å². The smallest absolute Gasteiger partial charge is 0.320 e. The quantitative estimate of drug-likeness (QED) is 0.936. The van der Waals surface area contributed by atoms with Gasteiger partial charge in [-0.15, -0.1) is 11.3 Å². The lowest BCUT2D eigenvalue weighted by Gasteiger charge is -2.31. The van der Waals surface area contributed by atoms with Gasteiger partial charge in [0.2, 0.25) is 0 Å². The van der Waals surface area contributed by atoms with E-state index >= 15 is 0 Å². The van der Waals surface area contributed by atoms with Crippen LogP contribution in [0.25, 0.3) is 0 Å². The van der Waals surface area contributed by atoms with Crippen molar-refractivity contribution in [2.24, 2.45) is 0 Å². The Morgan fingerprint density at radius 3 is 2.71 bits per heavy atom. The zero-order chi connectivity index (χ0) is 14.8. The van der Waals surface area contributed by atoms with Crippen molar-refractivity contribution in [3.05, 3.63) is 57.8 Å². The summed E-state index contributed by atoms with van der Waals surface area (Å²) in [6, 6.07) is 12.0. The fourth-order valence-corrected chi connectivity index (χ4v) is 4.23. The van der Waals surface area contributed by atoms with E-state index in [2.05, 4.69) is 35.4 Å². The molecule has 0 aliphatic carbocycles. The molecule has 3 rings (SSSR count). The summed E-state index contributed by atoms with van der Waals surface area (Å²) in [7, 11) is 0. The molecule has 0 radical (unpaired) electrons. The van der Waals surface area contributed by atoms with Gasteiger partial charge in [0.25, 0.3) is 0 Å². The molecule has 1 N–H and O–H groups in total. The molecule has 1 aliphatic rings. The lowest BCUT2D eigenvalue weighted by Crippen LogP contribution is -2.39. The van der Waals surface area contributed by atoms with Gasteiger partial charge in [-0.05, 0) is 42.3 Å². The molecule has 1 saturated heterocycles. The van der Waals surface area contributed by atoms with Gasteiger partial charge in [0, 0.05) is 11.4 Å². The van der Waals surface area contributed by atoms with Crippen molar-refractivity contribution in [1.82, 2.24) is 4.90 Å². The highest BCUT2D eigenvalue weighted by Gasteiger charge is 2.37. The lowest BCUT2D eigenvalue weighted by atomic mass is 10.0. The lowest BCUT2D eigenvalue weighted by molar-refractivity contribution is -0.142. The third kappa shape index (κ3) is 2.74. The highest BCUT2D eigenvalue weighted by atomic mass is 32.1. The first-order valence-electron chi connectivity index (χ1n) is 7.26. The third-order valence-electron chi connectivity index (χ3n) is 4.18. The summed E-state index contributed by atoms with van der Waals surface area (Å²) in [4.78, 5) is 15.0. The van der Waals surface area contributed by atoms with E-state index in [9.17, 15) is 9.90 Å². The molecule has 2 atom stereocenters. The SMILES string of the molecule is Cc1ccsc1C(c1ccccc1)N1CCCC1C(=O)O. The average molecular weight is 301 g/mol. The minimum absolute atomic E-state index is 0.0507. The van der Waals surface area contributed by atoms with Crippen LogP contribution in [0.4, 0.5) is 0 Å². The van der Waals surface area contributed by atoms with Gasteiger partial charge in [0.15, 0.2) is 0 Å². The van der Waals surface area contributed by atoms with E-state index in [-0.39, 0.29) is 12.1 Å². The Bertz CT molecular complexity index is 623. The van der Waals surface area contributed by atoms with Gasteiger partial charge in [0.1, 0.15) is 6.04 Å². The van der Waals surface area contributed by atoms with Crippen LogP contribution in [-0.2, 0) is 4.79 Å². The summed E-state index contributed by atoms with van der Waals surface area (Å²) < 4.78 is 0. The molecule has 0 spiro atoms. The first-order valence-corrected chi connectivity index (χ1v) is 8.14. The predicted octanol–water partition coefficient (Wildman–Crippen LogP) is 3.69. The predicted molar refractivity (Wildman–Crippen MR) is 84.7 cm³/mol. The Balaban J connectivity index is 2.05. The number of carboxylic acids is 1. The second kappa shape index (κ2) is 6.00. The molecule has 2 heterocycles. The number of likely N-dealkylation sites (tertiary alicyclic amines) is 1. The Hall–Kier alpha value is -1.65. The molecule has 2 aromatic rings. The Morgan fingerprint density at radius 1 is 1.33 bits per heavy atom. The number of rotatable bonds is 4. The van der Waals surface area contributed by atoms with Crippen LogP contribution in [0.15, 0.2) is 41.8 Å². The van der Waals surface area contributed by atoms with Crippen LogP contribution in [0.2, 0.25) is 0 Å². The molecule has 1 fully saturated rings. The van der Waals surface area contributed by atoms with Crippen molar-refractivity contribution in [3.8, 4) is 0 Å². The fourth-order valence-electron chi connectivity index (χ4n) is 3.16. The van der Waals surface area contributed by atoms with Gasteiger partial charge in [-0.3, -0.25) is 9.69 Å². The summed E-state index contributed by atoms with van der Waals surface area (Å²) in [6.45, 7) is 2.95. The molecule has 3 nitrogen and oxygen atoms in total. The number of hydrogen-bond acceptors (Lipinski definition) is 3.